The molecule has 0 saturated heterocycles. The number of carbonyl (C=O) groups is 2. The van der Waals surface area contributed by atoms with Crippen molar-refractivity contribution in [2.45, 2.75) is 13.0 Å². The van der Waals surface area contributed by atoms with Gasteiger partial charge in [0.25, 0.3) is 0 Å². The first-order valence-electron chi connectivity index (χ1n) is 6.50. The van der Waals surface area contributed by atoms with Crippen LogP contribution in [-0.2, 0) is 4.79 Å². The number of aryl methyl sites for hydroxylation is 1. The first-order chi connectivity index (χ1) is 9.97. The summed E-state index contributed by atoms with van der Waals surface area (Å²) in [6, 6.07) is 13.1. The van der Waals surface area contributed by atoms with Crippen molar-refractivity contribution in [1.82, 2.24) is 0 Å². The van der Waals surface area contributed by atoms with Gasteiger partial charge in [-0.2, -0.15) is 0 Å². The number of nitrogens with one attached hydrogen (secondary N) is 1. The third kappa shape index (κ3) is 3.67. The summed E-state index contributed by atoms with van der Waals surface area (Å²) in [5.74, 6) is -0.894. The van der Waals surface area contributed by atoms with E-state index in [0.29, 0.717) is 11.3 Å². The van der Waals surface area contributed by atoms with Crippen molar-refractivity contribution in [3.05, 3.63) is 65.2 Å². The van der Waals surface area contributed by atoms with E-state index in [4.69, 9.17) is 11.5 Å². The number of anilines is 1. The third-order valence-corrected chi connectivity index (χ3v) is 3.13. The van der Waals surface area contributed by atoms with Crippen LogP contribution in [0.25, 0.3) is 0 Å². The molecule has 2 aromatic rings. The van der Waals surface area contributed by atoms with Crippen molar-refractivity contribution >= 4 is 17.5 Å². The average Bonchev–Trinajstić information content (AvgIpc) is 2.47. The molecule has 5 heteroatoms. The lowest BCUT2D eigenvalue weighted by Gasteiger charge is -2.13. The Labute approximate surface area is 123 Å². The summed E-state index contributed by atoms with van der Waals surface area (Å²) in [6.07, 6.45) is 0. The molecule has 0 aliphatic carbocycles. The number of hydrogen-bond donors (Lipinski definition) is 3. The highest BCUT2D eigenvalue weighted by Gasteiger charge is 2.16. The summed E-state index contributed by atoms with van der Waals surface area (Å²) in [7, 11) is 0. The predicted octanol–water partition coefficient (Wildman–Crippen LogP) is 1.73. The summed E-state index contributed by atoms with van der Waals surface area (Å²) < 4.78 is 0. The van der Waals surface area contributed by atoms with Gasteiger partial charge in [-0.3, -0.25) is 9.59 Å². The minimum Gasteiger partial charge on any atom is -0.366 e. The van der Waals surface area contributed by atoms with Crippen LogP contribution >= 0.6 is 0 Å². The van der Waals surface area contributed by atoms with Gasteiger partial charge in [0.05, 0.1) is 0 Å². The Morgan fingerprint density at radius 3 is 2.38 bits per heavy atom. The van der Waals surface area contributed by atoms with E-state index in [-0.39, 0.29) is 5.91 Å². The summed E-state index contributed by atoms with van der Waals surface area (Å²) in [5.41, 5.74) is 13.8. The van der Waals surface area contributed by atoms with Gasteiger partial charge < -0.3 is 16.8 Å². The van der Waals surface area contributed by atoms with Crippen molar-refractivity contribution < 1.29 is 9.59 Å². The topological polar surface area (TPSA) is 98.2 Å². The highest BCUT2D eigenvalue weighted by Crippen LogP contribution is 2.15. The lowest BCUT2D eigenvalue weighted by Crippen LogP contribution is -2.27. The molecular formula is C16H17N3O2. The standard InChI is InChI=1S/C16H17N3O2/c1-10-5-7-11(8-6-10)14(17)16(21)19-13-4-2-3-12(9-13)15(18)20/h2-9,14H,17H2,1H3,(H2,18,20)(H,19,21). The first kappa shape index (κ1) is 14.7. The number of amides is 2. The number of carbonyl (C=O) groups excluding carboxylic acids is 2. The molecule has 21 heavy (non-hydrogen) atoms. The van der Waals surface area contributed by atoms with Gasteiger partial charge in [-0.1, -0.05) is 35.9 Å². The summed E-state index contributed by atoms with van der Waals surface area (Å²) in [6.45, 7) is 1.96. The smallest absolute Gasteiger partial charge is 0.248 e. The largest absolute Gasteiger partial charge is 0.366 e. The van der Waals surface area contributed by atoms with E-state index in [9.17, 15) is 9.59 Å². The third-order valence-electron chi connectivity index (χ3n) is 3.13. The zero-order valence-electron chi connectivity index (χ0n) is 11.7. The maximum absolute atomic E-state index is 12.1. The van der Waals surface area contributed by atoms with E-state index in [1.54, 1.807) is 18.2 Å². The molecule has 0 heterocycles. The molecule has 1 atom stereocenters. The molecule has 0 fully saturated rings. The molecule has 0 spiro atoms. The Morgan fingerprint density at radius 2 is 1.76 bits per heavy atom. The van der Waals surface area contributed by atoms with E-state index in [0.717, 1.165) is 11.1 Å². The average molecular weight is 283 g/mol. The van der Waals surface area contributed by atoms with E-state index in [2.05, 4.69) is 5.32 Å². The molecule has 0 saturated carbocycles. The zero-order valence-corrected chi connectivity index (χ0v) is 11.7. The van der Waals surface area contributed by atoms with E-state index in [1.807, 2.05) is 31.2 Å². The van der Waals surface area contributed by atoms with Crippen LogP contribution in [0.1, 0.15) is 27.5 Å². The Hall–Kier alpha value is -2.66. The van der Waals surface area contributed by atoms with Gasteiger partial charge in [0.2, 0.25) is 11.8 Å². The molecular weight excluding hydrogens is 266 g/mol. The number of nitrogens with two attached hydrogens (primary N) is 2. The molecule has 0 bridgehead atoms. The van der Waals surface area contributed by atoms with Crippen LogP contribution in [0.5, 0.6) is 0 Å². The van der Waals surface area contributed by atoms with Crippen molar-refractivity contribution in [3.8, 4) is 0 Å². The Morgan fingerprint density at radius 1 is 1.10 bits per heavy atom. The second kappa shape index (κ2) is 6.19. The summed E-state index contributed by atoms with van der Waals surface area (Å²) in [4.78, 5) is 23.2. The van der Waals surface area contributed by atoms with E-state index in [1.165, 1.54) is 6.07 Å². The minimum atomic E-state index is -0.775. The fraction of sp³-hybridized carbons (Fsp3) is 0.125. The lowest BCUT2D eigenvalue weighted by molar-refractivity contribution is -0.117. The van der Waals surface area contributed by atoms with Crippen LogP contribution in [-0.4, -0.2) is 11.8 Å². The van der Waals surface area contributed by atoms with Gasteiger partial charge in [-0.05, 0) is 30.7 Å². The Bertz CT molecular complexity index is 665. The molecule has 0 aromatic heterocycles. The minimum absolute atomic E-state index is 0.330. The lowest BCUT2D eigenvalue weighted by atomic mass is 10.1. The first-order valence-corrected chi connectivity index (χ1v) is 6.50. The van der Waals surface area contributed by atoms with Gasteiger partial charge in [-0.25, -0.2) is 0 Å². The van der Waals surface area contributed by atoms with Gasteiger partial charge in [0.15, 0.2) is 0 Å². The zero-order chi connectivity index (χ0) is 15.4. The van der Waals surface area contributed by atoms with Crippen molar-refractivity contribution in [1.29, 1.82) is 0 Å². The molecule has 2 amide bonds. The maximum atomic E-state index is 12.1. The number of rotatable bonds is 4. The van der Waals surface area contributed by atoms with E-state index >= 15 is 0 Å². The van der Waals surface area contributed by atoms with Crippen molar-refractivity contribution in [2.24, 2.45) is 11.5 Å². The van der Waals surface area contributed by atoms with Crippen LogP contribution in [0.4, 0.5) is 5.69 Å². The molecule has 0 radical (unpaired) electrons. The fourth-order valence-electron chi connectivity index (χ4n) is 1.90. The van der Waals surface area contributed by atoms with Gasteiger partial charge in [0, 0.05) is 11.3 Å². The summed E-state index contributed by atoms with van der Waals surface area (Å²) >= 11 is 0. The normalized spacial score (nSPS) is 11.7. The Balaban J connectivity index is 2.12. The number of hydrogen-bond acceptors (Lipinski definition) is 3. The molecule has 0 aliphatic heterocycles. The number of benzene rings is 2. The van der Waals surface area contributed by atoms with Crippen LogP contribution < -0.4 is 16.8 Å². The van der Waals surface area contributed by atoms with Gasteiger partial charge in [-0.15, -0.1) is 0 Å². The molecule has 2 aromatic carbocycles. The maximum Gasteiger partial charge on any atom is 0.248 e. The highest BCUT2D eigenvalue weighted by atomic mass is 16.2. The second-order valence-electron chi connectivity index (χ2n) is 4.82. The van der Waals surface area contributed by atoms with Gasteiger partial charge >= 0.3 is 0 Å². The molecule has 1 unspecified atom stereocenters. The van der Waals surface area contributed by atoms with Crippen LogP contribution in [0, 0.1) is 6.92 Å². The highest BCUT2D eigenvalue weighted by molar-refractivity contribution is 5.98. The summed E-state index contributed by atoms with van der Waals surface area (Å²) in [5, 5.41) is 2.68. The SMILES string of the molecule is Cc1ccc(C(N)C(=O)Nc2cccc(C(N)=O)c2)cc1. The molecule has 5 nitrogen and oxygen atoms in total. The molecule has 2 rings (SSSR count). The number of primary amides is 1. The molecule has 5 N–H and O–H groups in total. The van der Waals surface area contributed by atoms with Crippen LogP contribution in [0.15, 0.2) is 48.5 Å². The predicted molar refractivity (Wildman–Crippen MR) is 81.7 cm³/mol. The monoisotopic (exact) mass is 283 g/mol. The fourth-order valence-corrected chi connectivity index (χ4v) is 1.90. The van der Waals surface area contributed by atoms with Crippen LogP contribution in [0.2, 0.25) is 0 Å². The van der Waals surface area contributed by atoms with Crippen molar-refractivity contribution in [2.75, 3.05) is 5.32 Å². The van der Waals surface area contributed by atoms with Gasteiger partial charge in [0.1, 0.15) is 6.04 Å². The second-order valence-corrected chi connectivity index (χ2v) is 4.82. The quantitative estimate of drug-likeness (QED) is 0.797. The van der Waals surface area contributed by atoms with Crippen molar-refractivity contribution in [3.63, 3.8) is 0 Å². The van der Waals surface area contributed by atoms with E-state index < -0.39 is 11.9 Å². The van der Waals surface area contributed by atoms with Crippen LogP contribution in [0.3, 0.4) is 0 Å². The molecule has 0 aliphatic rings. The molecule has 108 valence electrons. The Kier molecular flexibility index (Phi) is 4.35.